The van der Waals surface area contributed by atoms with Crippen LogP contribution in [0.4, 0.5) is 0 Å². The van der Waals surface area contributed by atoms with Crippen molar-refractivity contribution in [1.29, 1.82) is 10.5 Å². The van der Waals surface area contributed by atoms with E-state index in [1.165, 1.54) is 0 Å². The Bertz CT molecular complexity index is 1110. The van der Waals surface area contributed by atoms with Gasteiger partial charge < -0.3 is 0 Å². The summed E-state index contributed by atoms with van der Waals surface area (Å²) in [7, 11) is 0. The van der Waals surface area contributed by atoms with E-state index in [0.717, 1.165) is 11.1 Å². The second-order valence-corrected chi connectivity index (χ2v) is 6.28. The molecule has 0 aliphatic rings. The molecule has 1 heterocycles. The fraction of sp³-hybridized carbons (Fsp3) is 0.130. The van der Waals surface area contributed by atoms with Gasteiger partial charge in [-0.15, -0.1) is 0 Å². The van der Waals surface area contributed by atoms with Crippen molar-refractivity contribution >= 4 is 11.9 Å². The van der Waals surface area contributed by atoms with Crippen LogP contribution in [0.1, 0.15) is 27.9 Å². The number of aryl methyl sites for hydroxylation is 2. The molecule has 5 heteroatoms. The monoisotopic (exact) mass is 366 g/mol. The molecule has 136 valence electrons. The summed E-state index contributed by atoms with van der Waals surface area (Å²) in [6.45, 7) is 2.29. The highest BCUT2D eigenvalue weighted by Crippen LogP contribution is 2.25. The first-order chi connectivity index (χ1) is 13.6. The normalized spacial score (nSPS) is 10.9. The van der Waals surface area contributed by atoms with Gasteiger partial charge in [0.25, 0.3) is 0 Å². The molecule has 0 amide bonds. The Morgan fingerprint density at radius 3 is 2.50 bits per heavy atom. The topological polar surface area (TPSA) is 82.5 Å². The molecule has 0 bridgehead atoms. The lowest BCUT2D eigenvalue weighted by Gasteiger charge is -2.04. The second kappa shape index (κ2) is 8.62. The van der Waals surface area contributed by atoms with Gasteiger partial charge in [0.1, 0.15) is 11.6 Å². The van der Waals surface area contributed by atoms with Gasteiger partial charge in [0, 0.05) is 22.9 Å². The SMILES string of the molecule is Cc1ccccc1C(=O)/C(C#N)=C/c1cn(CCC#N)nc1-c1ccccc1. The molecule has 0 aliphatic heterocycles. The molecule has 0 radical (unpaired) electrons. The molecule has 0 N–H and O–H groups in total. The largest absolute Gasteiger partial charge is 0.288 e. The van der Waals surface area contributed by atoms with Gasteiger partial charge in [0.2, 0.25) is 5.78 Å². The maximum Gasteiger partial charge on any atom is 0.203 e. The first-order valence-electron chi connectivity index (χ1n) is 8.86. The van der Waals surface area contributed by atoms with Crippen molar-refractivity contribution in [3.05, 3.63) is 83.1 Å². The zero-order valence-corrected chi connectivity index (χ0v) is 15.5. The second-order valence-electron chi connectivity index (χ2n) is 6.28. The predicted molar refractivity (Wildman–Crippen MR) is 107 cm³/mol. The van der Waals surface area contributed by atoms with Crippen LogP contribution in [0.25, 0.3) is 17.3 Å². The first kappa shape index (κ1) is 18.8. The Morgan fingerprint density at radius 2 is 1.82 bits per heavy atom. The van der Waals surface area contributed by atoms with Crippen LogP contribution >= 0.6 is 0 Å². The van der Waals surface area contributed by atoms with Crippen LogP contribution in [0.3, 0.4) is 0 Å². The summed E-state index contributed by atoms with van der Waals surface area (Å²) in [6.07, 6.45) is 3.67. The molecule has 3 rings (SSSR count). The Hall–Kier alpha value is -3.96. The summed E-state index contributed by atoms with van der Waals surface area (Å²) in [4.78, 5) is 12.9. The van der Waals surface area contributed by atoms with Crippen molar-refractivity contribution in [2.24, 2.45) is 0 Å². The summed E-state index contributed by atoms with van der Waals surface area (Å²) >= 11 is 0. The lowest BCUT2D eigenvalue weighted by molar-refractivity contribution is 0.103. The van der Waals surface area contributed by atoms with Gasteiger partial charge >= 0.3 is 0 Å². The number of carbonyl (C=O) groups excluding carboxylic acids is 1. The molecule has 2 aromatic carbocycles. The van der Waals surface area contributed by atoms with Crippen LogP contribution < -0.4 is 0 Å². The fourth-order valence-corrected chi connectivity index (χ4v) is 2.92. The van der Waals surface area contributed by atoms with Crippen molar-refractivity contribution in [3.63, 3.8) is 0 Å². The Kier molecular flexibility index (Phi) is 5.79. The molecule has 1 aromatic heterocycles. The van der Waals surface area contributed by atoms with Crippen LogP contribution in [0, 0.1) is 29.6 Å². The molecule has 3 aromatic rings. The Balaban J connectivity index is 2.07. The van der Waals surface area contributed by atoms with Crippen LogP contribution in [0.5, 0.6) is 0 Å². The van der Waals surface area contributed by atoms with E-state index in [1.54, 1.807) is 29.1 Å². The Labute approximate surface area is 163 Å². The lowest BCUT2D eigenvalue weighted by Crippen LogP contribution is -2.04. The number of carbonyl (C=O) groups is 1. The molecule has 5 nitrogen and oxygen atoms in total. The number of hydrogen-bond donors (Lipinski definition) is 0. The maximum atomic E-state index is 12.9. The maximum absolute atomic E-state index is 12.9. The smallest absolute Gasteiger partial charge is 0.203 e. The van der Waals surface area contributed by atoms with Crippen LogP contribution in [0.2, 0.25) is 0 Å². The highest BCUT2D eigenvalue weighted by atomic mass is 16.1. The van der Waals surface area contributed by atoms with E-state index in [4.69, 9.17) is 5.26 Å². The standard InChI is InChI=1S/C23H18N4O/c1-17-8-5-6-11-21(17)23(28)19(15-25)14-20-16-27(13-7-12-24)26-22(20)18-9-3-2-4-10-18/h2-6,8-11,14,16H,7,13H2,1H3/b19-14+. The molecule has 28 heavy (non-hydrogen) atoms. The van der Waals surface area contributed by atoms with Gasteiger partial charge in [-0.3, -0.25) is 9.48 Å². The number of nitriles is 2. The first-order valence-corrected chi connectivity index (χ1v) is 8.86. The van der Waals surface area contributed by atoms with E-state index in [9.17, 15) is 10.1 Å². The molecule has 0 fully saturated rings. The van der Waals surface area contributed by atoms with Gasteiger partial charge in [-0.25, -0.2) is 0 Å². The number of aromatic nitrogens is 2. The third-order valence-corrected chi connectivity index (χ3v) is 4.34. The summed E-state index contributed by atoms with van der Waals surface area (Å²) in [6, 6.07) is 20.9. The molecular weight excluding hydrogens is 348 g/mol. The lowest BCUT2D eigenvalue weighted by atomic mass is 9.97. The van der Waals surface area contributed by atoms with Crippen molar-refractivity contribution in [2.45, 2.75) is 19.9 Å². The zero-order chi connectivity index (χ0) is 19.9. The predicted octanol–water partition coefficient (Wildman–Crippen LogP) is 4.56. The average Bonchev–Trinajstić information content (AvgIpc) is 3.13. The molecule has 0 aliphatic carbocycles. The van der Waals surface area contributed by atoms with Gasteiger partial charge in [0.05, 0.1) is 24.7 Å². The van der Waals surface area contributed by atoms with Gasteiger partial charge in [-0.1, -0.05) is 54.6 Å². The third kappa shape index (κ3) is 4.06. The summed E-state index contributed by atoms with van der Waals surface area (Å²) in [5.74, 6) is -0.315. The third-order valence-electron chi connectivity index (χ3n) is 4.34. The number of nitrogens with zero attached hydrogens (tertiary/aromatic N) is 4. The Morgan fingerprint density at radius 1 is 1.11 bits per heavy atom. The highest BCUT2D eigenvalue weighted by Gasteiger charge is 2.17. The van der Waals surface area contributed by atoms with Crippen molar-refractivity contribution < 1.29 is 4.79 Å². The minimum atomic E-state index is -0.315. The number of allylic oxidation sites excluding steroid dienone is 1. The summed E-state index contributed by atoms with van der Waals surface area (Å²) < 4.78 is 1.67. The van der Waals surface area contributed by atoms with E-state index < -0.39 is 0 Å². The van der Waals surface area contributed by atoms with E-state index in [-0.39, 0.29) is 11.4 Å². The van der Waals surface area contributed by atoms with E-state index in [1.807, 2.05) is 55.5 Å². The van der Waals surface area contributed by atoms with E-state index in [2.05, 4.69) is 11.2 Å². The van der Waals surface area contributed by atoms with Gasteiger partial charge in [-0.2, -0.15) is 15.6 Å². The number of ketones is 1. The molecular formula is C23H18N4O. The zero-order valence-electron chi connectivity index (χ0n) is 15.5. The summed E-state index contributed by atoms with van der Waals surface area (Å²) in [5.41, 5.74) is 3.60. The van der Waals surface area contributed by atoms with Crippen LogP contribution in [0.15, 0.2) is 66.4 Å². The van der Waals surface area contributed by atoms with Crippen LogP contribution in [-0.2, 0) is 6.54 Å². The molecule has 0 spiro atoms. The number of rotatable bonds is 6. The van der Waals surface area contributed by atoms with Crippen molar-refractivity contribution in [1.82, 2.24) is 9.78 Å². The molecule has 0 saturated heterocycles. The number of hydrogen-bond acceptors (Lipinski definition) is 4. The van der Waals surface area contributed by atoms with Crippen molar-refractivity contribution in [3.8, 4) is 23.4 Å². The quantitative estimate of drug-likeness (QED) is 0.364. The van der Waals surface area contributed by atoms with Crippen molar-refractivity contribution in [2.75, 3.05) is 0 Å². The van der Waals surface area contributed by atoms with E-state index >= 15 is 0 Å². The highest BCUT2D eigenvalue weighted by molar-refractivity contribution is 6.15. The average molecular weight is 366 g/mol. The molecule has 0 saturated carbocycles. The number of benzene rings is 2. The minimum Gasteiger partial charge on any atom is -0.288 e. The van der Waals surface area contributed by atoms with Crippen LogP contribution in [-0.4, -0.2) is 15.6 Å². The minimum absolute atomic E-state index is 0.0475. The summed E-state index contributed by atoms with van der Waals surface area (Å²) in [5, 5.41) is 23.0. The van der Waals surface area contributed by atoms with Gasteiger partial charge in [-0.05, 0) is 18.6 Å². The fourth-order valence-electron chi connectivity index (χ4n) is 2.92. The van der Waals surface area contributed by atoms with E-state index in [0.29, 0.717) is 29.8 Å². The molecule has 0 unspecified atom stereocenters. The number of Topliss-reactive ketones (excluding diaryl/α,β-unsaturated/α-hetero) is 1. The molecule has 0 atom stereocenters. The van der Waals surface area contributed by atoms with Gasteiger partial charge in [0.15, 0.2) is 0 Å².